The molecule has 0 aliphatic rings. The Balaban J connectivity index is 2.39. The summed E-state index contributed by atoms with van der Waals surface area (Å²) < 4.78 is 0. The smallest absolute Gasteiger partial charge is 0.0528 e. The van der Waals surface area contributed by atoms with Crippen LogP contribution in [0.25, 0.3) is 0 Å². The number of aryl methyl sites for hydroxylation is 2. The average Bonchev–Trinajstić information content (AvgIpc) is 2.42. The summed E-state index contributed by atoms with van der Waals surface area (Å²) in [6, 6.07) is 16.7. The minimum atomic E-state index is -0.225. The highest BCUT2D eigenvalue weighted by molar-refractivity contribution is 5.37. The summed E-state index contributed by atoms with van der Waals surface area (Å²) in [7, 11) is 0. The molecule has 0 saturated heterocycles. The van der Waals surface area contributed by atoms with Crippen LogP contribution in [0, 0.1) is 13.8 Å². The standard InChI is InChI=1S/C18H22O/c1-14-8-4-6-10-16(14)12-18(3,13-19)17-11-7-5-9-15(17)2/h4-11,19H,12-13H2,1-3H3. The zero-order chi connectivity index (χ0) is 13.9. The Bertz CT molecular complexity index is 559. The van der Waals surface area contributed by atoms with Crippen LogP contribution in [0.4, 0.5) is 0 Å². The second-order valence-electron chi connectivity index (χ2n) is 5.64. The first-order chi connectivity index (χ1) is 9.07. The number of hydrogen-bond donors (Lipinski definition) is 1. The van der Waals surface area contributed by atoms with Gasteiger partial charge in [-0.2, -0.15) is 0 Å². The lowest BCUT2D eigenvalue weighted by Crippen LogP contribution is -2.30. The molecule has 2 aromatic carbocycles. The van der Waals surface area contributed by atoms with Crippen molar-refractivity contribution in [3.8, 4) is 0 Å². The molecule has 1 heteroatoms. The van der Waals surface area contributed by atoms with Crippen LogP contribution in [-0.4, -0.2) is 11.7 Å². The van der Waals surface area contributed by atoms with Gasteiger partial charge in [0.15, 0.2) is 0 Å². The summed E-state index contributed by atoms with van der Waals surface area (Å²) in [5.41, 5.74) is 4.85. The molecule has 0 aliphatic carbocycles. The van der Waals surface area contributed by atoms with Gasteiger partial charge < -0.3 is 5.11 Å². The molecule has 0 heterocycles. The lowest BCUT2D eigenvalue weighted by molar-refractivity contribution is 0.204. The van der Waals surface area contributed by atoms with E-state index in [4.69, 9.17) is 0 Å². The molecule has 0 amide bonds. The fourth-order valence-electron chi connectivity index (χ4n) is 2.72. The lowest BCUT2D eigenvalue weighted by Gasteiger charge is -2.30. The number of aliphatic hydroxyl groups is 1. The van der Waals surface area contributed by atoms with E-state index in [1.165, 1.54) is 22.3 Å². The predicted octanol–water partition coefficient (Wildman–Crippen LogP) is 3.80. The molecule has 19 heavy (non-hydrogen) atoms. The van der Waals surface area contributed by atoms with Gasteiger partial charge in [-0.1, -0.05) is 55.5 Å². The summed E-state index contributed by atoms with van der Waals surface area (Å²) in [6.07, 6.45) is 0.862. The fraction of sp³-hybridized carbons (Fsp3) is 0.333. The molecule has 0 saturated carbocycles. The van der Waals surface area contributed by atoms with Crippen LogP contribution < -0.4 is 0 Å². The maximum atomic E-state index is 9.92. The Hall–Kier alpha value is -1.60. The Kier molecular flexibility index (Phi) is 4.06. The van der Waals surface area contributed by atoms with E-state index in [2.05, 4.69) is 57.2 Å². The van der Waals surface area contributed by atoms with Crippen molar-refractivity contribution in [2.75, 3.05) is 6.61 Å². The largest absolute Gasteiger partial charge is 0.395 e. The minimum absolute atomic E-state index is 0.159. The van der Waals surface area contributed by atoms with Gasteiger partial charge in [0.1, 0.15) is 0 Å². The average molecular weight is 254 g/mol. The molecule has 1 N–H and O–H groups in total. The SMILES string of the molecule is Cc1ccccc1CC(C)(CO)c1ccccc1C. The summed E-state index contributed by atoms with van der Waals surface area (Å²) >= 11 is 0. The number of benzene rings is 2. The normalized spacial score (nSPS) is 14.1. The molecule has 0 bridgehead atoms. The van der Waals surface area contributed by atoms with E-state index in [1.54, 1.807) is 0 Å². The van der Waals surface area contributed by atoms with Gasteiger partial charge in [0.25, 0.3) is 0 Å². The van der Waals surface area contributed by atoms with E-state index in [1.807, 2.05) is 12.1 Å². The first-order valence-electron chi connectivity index (χ1n) is 6.78. The van der Waals surface area contributed by atoms with Crippen LogP contribution in [0.1, 0.15) is 29.2 Å². The van der Waals surface area contributed by atoms with E-state index in [0.717, 1.165) is 6.42 Å². The van der Waals surface area contributed by atoms with Gasteiger partial charge in [-0.25, -0.2) is 0 Å². The summed E-state index contributed by atoms with van der Waals surface area (Å²) in [5, 5.41) is 9.92. The Labute approximate surface area is 115 Å². The third-order valence-corrected chi connectivity index (χ3v) is 3.99. The summed E-state index contributed by atoms with van der Waals surface area (Å²) in [5.74, 6) is 0. The van der Waals surface area contributed by atoms with Crippen LogP contribution in [0.2, 0.25) is 0 Å². The van der Waals surface area contributed by atoms with Crippen LogP contribution in [-0.2, 0) is 11.8 Å². The second kappa shape index (κ2) is 5.58. The molecule has 100 valence electrons. The molecule has 0 spiro atoms. The molecule has 1 atom stereocenters. The Morgan fingerprint density at radius 2 is 1.47 bits per heavy atom. The first-order valence-corrected chi connectivity index (χ1v) is 6.78. The van der Waals surface area contributed by atoms with Gasteiger partial charge in [0.2, 0.25) is 0 Å². The highest BCUT2D eigenvalue weighted by Crippen LogP contribution is 2.31. The van der Waals surface area contributed by atoms with Crippen molar-refractivity contribution in [1.29, 1.82) is 0 Å². The molecule has 0 fully saturated rings. The molecule has 1 nitrogen and oxygen atoms in total. The molecule has 0 radical (unpaired) electrons. The monoisotopic (exact) mass is 254 g/mol. The minimum Gasteiger partial charge on any atom is -0.395 e. The van der Waals surface area contributed by atoms with Gasteiger partial charge in [0, 0.05) is 5.41 Å². The highest BCUT2D eigenvalue weighted by atomic mass is 16.3. The van der Waals surface area contributed by atoms with E-state index in [-0.39, 0.29) is 12.0 Å². The first kappa shape index (κ1) is 13.8. The molecule has 0 aliphatic heterocycles. The quantitative estimate of drug-likeness (QED) is 0.880. The van der Waals surface area contributed by atoms with Crippen molar-refractivity contribution in [1.82, 2.24) is 0 Å². The topological polar surface area (TPSA) is 20.2 Å². The molecular weight excluding hydrogens is 232 g/mol. The van der Waals surface area contributed by atoms with E-state index in [0.29, 0.717) is 0 Å². The Morgan fingerprint density at radius 1 is 0.895 bits per heavy atom. The highest BCUT2D eigenvalue weighted by Gasteiger charge is 2.28. The third kappa shape index (κ3) is 2.87. The lowest BCUT2D eigenvalue weighted by atomic mass is 9.75. The zero-order valence-corrected chi connectivity index (χ0v) is 12.0. The molecule has 2 rings (SSSR count). The van der Waals surface area contributed by atoms with Crippen molar-refractivity contribution in [2.24, 2.45) is 0 Å². The van der Waals surface area contributed by atoms with Gasteiger partial charge in [-0.05, 0) is 42.5 Å². The predicted molar refractivity (Wildman–Crippen MR) is 80.5 cm³/mol. The third-order valence-electron chi connectivity index (χ3n) is 3.99. The zero-order valence-electron chi connectivity index (χ0n) is 12.0. The van der Waals surface area contributed by atoms with Gasteiger partial charge in [0.05, 0.1) is 6.61 Å². The van der Waals surface area contributed by atoms with Gasteiger partial charge >= 0.3 is 0 Å². The van der Waals surface area contributed by atoms with Crippen LogP contribution in [0.15, 0.2) is 48.5 Å². The molecule has 1 unspecified atom stereocenters. The molecular formula is C18H22O. The maximum Gasteiger partial charge on any atom is 0.0528 e. The van der Waals surface area contributed by atoms with Gasteiger partial charge in [-0.3, -0.25) is 0 Å². The van der Waals surface area contributed by atoms with Crippen molar-refractivity contribution in [3.63, 3.8) is 0 Å². The number of rotatable bonds is 4. The number of hydrogen-bond acceptors (Lipinski definition) is 1. The van der Waals surface area contributed by atoms with E-state index >= 15 is 0 Å². The van der Waals surface area contributed by atoms with Gasteiger partial charge in [-0.15, -0.1) is 0 Å². The van der Waals surface area contributed by atoms with Crippen molar-refractivity contribution in [2.45, 2.75) is 32.6 Å². The molecule has 2 aromatic rings. The van der Waals surface area contributed by atoms with Crippen molar-refractivity contribution < 1.29 is 5.11 Å². The van der Waals surface area contributed by atoms with Crippen molar-refractivity contribution >= 4 is 0 Å². The summed E-state index contributed by atoms with van der Waals surface area (Å²) in [6.45, 7) is 6.54. The van der Waals surface area contributed by atoms with Crippen LogP contribution in [0.5, 0.6) is 0 Å². The van der Waals surface area contributed by atoms with Crippen LogP contribution >= 0.6 is 0 Å². The Morgan fingerprint density at radius 3 is 2.05 bits per heavy atom. The van der Waals surface area contributed by atoms with Crippen molar-refractivity contribution in [3.05, 3.63) is 70.8 Å². The van der Waals surface area contributed by atoms with E-state index in [9.17, 15) is 5.11 Å². The molecule has 0 aromatic heterocycles. The maximum absolute atomic E-state index is 9.92. The summed E-state index contributed by atoms with van der Waals surface area (Å²) in [4.78, 5) is 0. The van der Waals surface area contributed by atoms with E-state index < -0.39 is 0 Å². The fourth-order valence-corrected chi connectivity index (χ4v) is 2.72. The van der Waals surface area contributed by atoms with Crippen LogP contribution in [0.3, 0.4) is 0 Å². The number of aliphatic hydroxyl groups excluding tert-OH is 1. The second-order valence-corrected chi connectivity index (χ2v) is 5.64.